The van der Waals surface area contributed by atoms with E-state index in [2.05, 4.69) is 4.57 Å². The molecule has 0 amide bonds. The van der Waals surface area contributed by atoms with E-state index >= 15 is 0 Å². The van der Waals surface area contributed by atoms with Gasteiger partial charge in [0.05, 0.1) is 16.1 Å². The van der Waals surface area contributed by atoms with E-state index in [9.17, 15) is 0 Å². The van der Waals surface area contributed by atoms with Gasteiger partial charge < -0.3 is 19.1 Å². The Hall–Kier alpha value is -4.45. The van der Waals surface area contributed by atoms with E-state index in [4.69, 9.17) is 30.4 Å². The van der Waals surface area contributed by atoms with Gasteiger partial charge in [-0.05, 0) is 43.3 Å². The van der Waals surface area contributed by atoms with E-state index < -0.39 is 0 Å². The number of fused-ring (bicyclic) bond motifs is 1. The van der Waals surface area contributed by atoms with E-state index in [1.807, 2.05) is 55.5 Å². The lowest BCUT2D eigenvalue weighted by Gasteiger charge is -2.08. The zero-order chi connectivity index (χ0) is 22.0. The van der Waals surface area contributed by atoms with Crippen LogP contribution in [-0.4, -0.2) is 4.57 Å². The summed E-state index contributed by atoms with van der Waals surface area (Å²) < 4.78 is 14.9. The Bertz CT molecular complexity index is 1420. The van der Waals surface area contributed by atoms with Crippen LogP contribution < -0.4 is 5.73 Å². The Labute approximate surface area is 181 Å². The van der Waals surface area contributed by atoms with Crippen molar-refractivity contribution in [3.8, 4) is 41.1 Å². The SMILES string of the molecule is CCn1c(-c2ccc(/C=C(/N)C#N)o2)ccc1-c1cc2sc(C=C(C#N)C#N)cc2o1. The first-order valence-corrected chi connectivity index (χ1v) is 10.1. The summed E-state index contributed by atoms with van der Waals surface area (Å²) in [5.41, 5.74) is 8.17. The van der Waals surface area contributed by atoms with Gasteiger partial charge in [0.2, 0.25) is 0 Å². The van der Waals surface area contributed by atoms with Gasteiger partial charge >= 0.3 is 0 Å². The van der Waals surface area contributed by atoms with Gasteiger partial charge in [0, 0.05) is 23.6 Å². The first-order chi connectivity index (χ1) is 15.1. The number of rotatable bonds is 5. The summed E-state index contributed by atoms with van der Waals surface area (Å²) in [6, 6.07) is 16.9. The van der Waals surface area contributed by atoms with Crippen molar-refractivity contribution in [3.63, 3.8) is 0 Å². The summed E-state index contributed by atoms with van der Waals surface area (Å²) in [5, 5.41) is 26.7. The fraction of sp³-hybridized carbons (Fsp3) is 0.0870. The molecule has 4 rings (SSSR count). The van der Waals surface area contributed by atoms with Gasteiger partial charge in [0.15, 0.2) is 11.5 Å². The highest BCUT2D eigenvalue weighted by Crippen LogP contribution is 2.37. The van der Waals surface area contributed by atoms with Crippen molar-refractivity contribution in [3.05, 3.63) is 58.3 Å². The maximum Gasteiger partial charge on any atom is 0.152 e. The molecule has 0 fully saturated rings. The molecule has 8 heteroatoms. The van der Waals surface area contributed by atoms with Crippen molar-refractivity contribution in [1.82, 2.24) is 4.57 Å². The van der Waals surface area contributed by atoms with Gasteiger partial charge in [0.25, 0.3) is 0 Å². The molecule has 7 nitrogen and oxygen atoms in total. The van der Waals surface area contributed by atoms with Gasteiger partial charge in [0.1, 0.15) is 40.8 Å². The summed E-state index contributed by atoms with van der Waals surface area (Å²) in [6.07, 6.45) is 3.04. The number of thiophene rings is 1. The van der Waals surface area contributed by atoms with Crippen molar-refractivity contribution in [2.45, 2.75) is 13.5 Å². The summed E-state index contributed by atoms with van der Waals surface area (Å²) >= 11 is 1.45. The van der Waals surface area contributed by atoms with Crippen LogP contribution in [0.3, 0.4) is 0 Å². The molecule has 0 radical (unpaired) electrons. The Morgan fingerprint density at radius 3 is 2.39 bits per heavy atom. The normalized spacial score (nSPS) is 11.1. The highest BCUT2D eigenvalue weighted by atomic mass is 32.1. The minimum atomic E-state index is 0.0535. The van der Waals surface area contributed by atoms with Crippen LogP contribution in [0.4, 0.5) is 0 Å². The van der Waals surface area contributed by atoms with Gasteiger partial charge in [-0.1, -0.05) is 0 Å². The number of aromatic nitrogens is 1. The monoisotopic (exact) mass is 425 g/mol. The molecule has 0 saturated carbocycles. The second-order valence-corrected chi connectivity index (χ2v) is 7.65. The fourth-order valence-electron chi connectivity index (χ4n) is 3.28. The fourth-order valence-corrected chi connectivity index (χ4v) is 4.24. The number of nitriles is 3. The highest BCUT2D eigenvalue weighted by Gasteiger charge is 2.17. The first-order valence-electron chi connectivity index (χ1n) is 9.29. The molecule has 0 aliphatic rings. The molecule has 4 aromatic rings. The van der Waals surface area contributed by atoms with Crippen LogP contribution in [0.1, 0.15) is 17.6 Å². The van der Waals surface area contributed by atoms with Crippen LogP contribution in [-0.2, 0) is 6.54 Å². The van der Waals surface area contributed by atoms with Crippen LogP contribution in [0.25, 0.3) is 45.3 Å². The number of allylic oxidation sites excluding steroid dienone is 2. The molecule has 4 heterocycles. The minimum absolute atomic E-state index is 0.0535. The van der Waals surface area contributed by atoms with E-state index in [0.717, 1.165) is 21.0 Å². The average Bonchev–Trinajstić information content (AvgIpc) is 3.53. The Balaban J connectivity index is 1.70. The maximum atomic E-state index is 8.92. The number of furan rings is 2. The molecule has 0 aliphatic heterocycles. The van der Waals surface area contributed by atoms with Crippen LogP contribution in [0, 0.1) is 34.0 Å². The molecule has 0 saturated heterocycles. The quantitative estimate of drug-likeness (QED) is 0.421. The zero-order valence-electron chi connectivity index (χ0n) is 16.4. The average molecular weight is 425 g/mol. The van der Waals surface area contributed by atoms with E-state index in [0.29, 0.717) is 29.4 Å². The molecular formula is C23H15N5O2S. The molecule has 0 spiro atoms. The maximum absolute atomic E-state index is 8.92. The molecule has 4 aromatic heterocycles. The molecule has 0 unspecified atom stereocenters. The van der Waals surface area contributed by atoms with Gasteiger partial charge in [-0.2, -0.15) is 15.8 Å². The van der Waals surface area contributed by atoms with Crippen molar-refractivity contribution in [2.24, 2.45) is 5.73 Å². The lowest BCUT2D eigenvalue weighted by atomic mass is 10.3. The lowest BCUT2D eigenvalue weighted by Crippen LogP contribution is -1.98. The van der Waals surface area contributed by atoms with E-state index in [1.54, 1.807) is 12.1 Å². The van der Waals surface area contributed by atoms with Crippen LogP contribution in [0.15, 0.2) is 56.5 Å². The minimum Gasteiger partial charge on any atom is -0.455 e. The van der Waals surface area contributed by atoms with Crippen LogP contribution in [0.2, 0.25) is 0 Å². The Morgan fingerprint density at radius 1 is 1.00 bits per heavy atom. The Morgan fingerprint density at radius 2 is 1.74 bits per heavy atom. The van der Waals surface area contributed by atoms with Gasteiger partial charge in [-0.25, -0.2) is 0 Å². The number of hydrogen-bond acceptors (Lipinski definition) is 7. The molecule has 0 aromatic carbocycles. The van der Waals surface area contributed by atoms with Crippen molar-refractivity contribution < 1.29 is 8.83 Å². The van der Waals surface area contributed by atoms with Crippen molar-refractivity contribution >= 4 is 33.8 Å². The van der Waals surface area contributed by atoms with Crippen molar-refractivity contribution in [1.29, 1.82) is 15.8 Å². The number of hydrogen-bond donors (Lipinski definition) is 1. The summed E-state index contributed by atoms with van der Waals surface area (Å²) in [5.74, 6) is 1.88. The topological polar surface area (TPSA) is 129 Å². The van der Waals surface area contributed by atoms with Gasteiger partial charge in [-0.15, -0.1) is 11.3 Å². The molecule has 150 valence electrons. The Kier molecular flexibility index (Phi) is 5.20. The molecule has 31 heavy (non-hydrogen) atoms. The predicted octanol–water partition coefficient (Wildman–Crippen LogP) is 5.50. The second kappa shape index (κ2) is 8.12. The van der Waals surface area contributed by atoms with Crippen LogP contribution in [0.5, 0.6) is 0 Å². The van der Waals surface area contributed by atoms with Crippen LogP contribution >= 0.6 is 11.3 Å². The number of nitrogens with two attached hydrogens (primary N) is 1. The van der Waals surface area contributed by atoms with E-state index in [1.165, 1.54) is 17.4 Å². The largest absolute Gasteiger partial charge is 0.455 e. The third kappa shape index (κ3) is 3.74. The molecule has 2 N–H and O–H groups in total. The molecule has 0 atom stereocenters. The standard InChI is InChI=1S/C23H15N5O2S/c1-2-28-18(20-6-3-16(29-20)8-15(27)13-26)4-5-19(28)21-10-23-22(30-21)9-17(31-23)7-14(11-24)12-25/h3-10H,2,27H2,1H3/b15-8+. The summed E-state index contributed by atoms with van der Waals surface area (Å²) in [4.78, 5) is 0.790. The lowest BCUT2D eigenvalue weighted by molar-refractivity contribution is 0.562. The van der Waals surface area contributed by atoms with Crippen molar-refractivity contribution in [2.75, 3.05) is 0 Å². The zero-order valence-corrected chi connectivity index (χ0v) is 17.2. The van der Waals surface area contributed by atoms with E-state index in [-0.39, 0.29) is 11.3 Å². The van der Waals surface area contributed by atoms with Gasteiger partial charge in [-0.3, -0.25) is 0 Å². The third-order valence-corrected chi connectivity index (χ3v) is 5.62. The summed E-state index contributed by atoms with van der Waals surface area (Å²) in [7, 11) is 0. The highest BCUT2D eigenvalue weighted by molar-refractivity contribution is 7.19. The summed E-state index contributed by atoms with van der Waals surface area (Å²) in [6.45, 7) is 2.73. The predicted molar refractivity (Wildman–Crippen MR) is 118 cm³/mol. The first kappa shape index (κ1) is 19.8. The number of nitrogens with zero attached hydrogens (tertiary/aromatic N) is 4. The molecule has 0 bridgehead atoms. The second-order valence-electron chi connectivity index (χ2n) is 6.53. The smallest absolute Gasteiger partial charge is 0.152 e. The molecular weight excluding hydrogens is 410 g/mol. The molecule has 0 aliphatic carbocycles. The third-order valence-electron chi connectivity index (χ3n) is 4.61.